The fourth-order valence-electron chi connectivity index (χ4n) is 5.54. The highest BCUT2D eigenvalue weighted by Crippen LogP contribution is 2.26. The molecule has 6 rings (SSSR count). The van der Waals surface area contributed by atoms with E-state index in [1.807, 2.05) is 25.1 Å². The van der Waals surface area contributed by atoms with Crippen molar-refractivity contribution in [1.82, 2.24) is 25.6 Å². The van der Waals surface area contributed by atoms with E-state index in [1.165, 1.54) is 19.2 Å². The first-order chi connectivity index (χ1) is 20.0. The van der Waals surface area contributed by atoms with Crippen LogP contribution in [0.3, 0.4) is 0 Å². The summed E-state index contributed by atoms with van der Waals surface area (Å²) < 4.78 is 11.2. The molecular weight excluding hydrogens is 522 g/mol. The molecule has 1 saturated heterocycles. The molecule has 2 atom stereocenters. The molecule has 218 valence electrons. The van der Waals surface area contributed by atoms with Gasteiger partial charge in [0.05, 0.1) is 11.8 Å². The number of rotatable bonds is 10. The number of nitrogens with one attached hydrogen (secondary N) is 3. The summed E-state index contributed by atoms with van der Waals surface area (Å²) in [5.41, 5.74) is 3.42. The van der Waals surface area contributed by atoms with Crippen molar-refractivity contribution >= 4 is 17.7 Å². The Morgan fingerprint density at radius 2 is 2.02 bits per heavy atom. The molecule has 4 heterocycles. The smallest absolute Gasteiger partial charge is 0.270 e. The predicted molar refractivity (Wildman–Crippen MR) is 154 cm³/mol. The Bertz CT molecular complexity index is 1350. The summed E-state index contributed by atoms with van der Waals surface area (Å²) in [6, 6.07) is 7.94. The number of anilines is 2. The van der Waals surface area contributed by atoms with Gasteiger partial charge in [0.25, 0.3) is 5.91 Å². The average molecular weight is 562 g/mol. The van der Waals surface area contributed by atoms with Gasteiger partial charge in [-0.15, -0.1) is 0 Å². The van der Waals surface area contributed by atoms with Crippen LogP contribution in [0, 0.1) is 6.92 Å². The van der Waals surface area contributed by atoms with Crippen molar-refractivity contribution in [2.75, 3.05) is 29.9 Å². The molecule has 3 aliphatic rings. The first-order valence-corrected chi connectivity index (χ1v) is 14.8. The van der Waals surface area contributed by atoms with Crippen molar-refractivity contribution in [3.63, 3.8) is 0 Å². The van der Waals surface area contributed by atoms with Gasteiger partial charge >= 0.3 is 0 Å². The largest absolute Gasteiger partial charge is 0.486 e. The SMILES string of the molecule is Cc1ncoc1COc1ccc2c(c1)CN[C@H]([C@H](O)CNC(=O)c1cc(NC3CCC3)nc(N3CCCCC3)n1)C2. The monoisotopic (exact) mass is 561 g/mol. The molecule has 1 aliphatic carbocycles. The normalized spacial score (nSPS) is 19.7. The molecule has 3 aromatic rings. The number of benzene rings is 1. The van der Waals surface area contributed by atoms with E-state index < -0.39 is 6.10 Å². The molecule has 0 bridgehead atoms. The van der Waals surface area contributed by atoms with Gasteiger partial charge in [-0.25, -0.2) is 9.97 Å². The third-order valence-electron chi connectivity index (χ3n) is 8.37. The third kappa shape index (κ3) is 6.62. The number of carbonyl (C=O) groups is 1. The number of aromatic nitrogens is 3. The van der Waals surface area contributed by atoms with Crippen LogP contribution in [-0.2, 0) is 19.6 Å². The number of aliphatic hydroxyl groups is 1. The van der Waals surface area contributed by atoms with E-state index in [-0.39, 0.29) is 18.5 Å². The summed E-state index contributed by atoms with van der Waals surface area (Å²) in [5.74, 6) is 2.46. The quantitative estimate of drug-likeness (QED) is 0.292. The average Bonchev–Trinajstić information content (AvgIpc) is 3.40. The Kier molecular flexibility index (Phi) is 8.33. The number of carbonyl (C=O) groups excluding carboxylic acids is 1. The highest BCUT2D eigenvalue weighted by atomic mass is 16.5. The van der Waals surface area contributed by atoms with E-state index in [9.17, 15) is 9.90 Å². The minimum atomic E-state index is -0.756. The second-order valence-corrected chi connectivity index (χ2v) is 11.3. The maximum atomic E-state index is 13.2. The van der Waals surface area contributed by atoms with E-state index in [0.717, 1.165) is 61.3 Å². The van der Waals surface area contributed by atoms with Gasteiger partial charge in [0.15, 0.2) is 12.2 Å². The van der Waals surface area contributed by atoms with Gasteiger partial charge < -0.3 is 35.1 Å². The summed E-state index contributed by atoms with van der Waals surface area (Å²) in [4.78, 5) is 28.8. The van der Waals surface area contributed by atoms with Gasteiger partial charge in [0.2, 0.25) is 5.95 Å². The lowest BCUT2D eigenvalue weighted by Gasteiger charge is -2.30. The first kappa shape index (κ1) is 27.5. The van der Waals surface area contributed by atoms with Crippen LogP contribution in [0.5, 0.6) is 5.75 Å². The van der Waals surface area contributed by atoms with Gasteiger partial charge in [-0.2, -0.15) is 4.98 Å². The maximum absolute atomic E-state index is 13.2. The molecule has 0 radical (unpaired) electrons. The zero-order valence-corrected chi connectivity index (χ0v) is 23.6. The molecule has 1 amide bonds. The molecule has 0 unspecified atom stereocenters. The van der Waals surface area contributed by atoms with Gasteiger partial charge in [-0.1, -0.05) is 6.07 Å². The molecule has 2 aliphatic heterocycles. The number of aliphatic hydroxyl groups excluding tert-OH is 1. The molecule has 41 heavy (non-hydrogen) atoms. The van der Waals surface area contributed by atoms with Crippen LogP contribution in [0.2, 0.25) is 0 Å². The number of piperidine rings is 1. The number of fused-ring (bicyclic) bond motifs is 1. The minimum Gasteiger partial charge on any atom is -0.486 e. The second-order valence-electron chi connectivity index (χ2n) is 11.3. The molecule has 2 aromatic heterocycles. The number of ether oxygens (including phenoxy) is 1. The molecule has 11 nitrogen and oxygen atoms in total. The third-order valence-corrected chi connectivity index (χ3v) is 8.37. The standard InChI is InChI=1S/C30H39N7O4/c1-19-27(41-18-33-19)17-40-23-9-8-20-13-24(31-15-21(20)12-23)26(38)16-32-29(39)25-14-28(34-22-6-5-7-22)36-30(35-25)37-10-3-2-4-11-37/h8-9,12,14,18,22,24,26,31,38H,2-7,10-11,13,15-17H2,1H3,(H,32,39)(H,34,35,36)/t24-,26+/m0/s1. The van der Waals surface area contributed by atoms with Crippen LogP contribution in [0.1, 0.15) is 71.6 Å². The predicted octanol–water partition coefficient (Wildman–Crippen LogP) is 3.11. The van der Waals surface area contributed by atoms with Crippen LogP contribution in [0.15, 0.2) is 35.1 Å². The van der Waals surface area contributed by atoms with Gasteiger partial charge in [0, 0.05) is 44.3 Å². The van der Waals surface area contributed by atoms with Gasteiger partial charge in [-0.3, -0.25) is 4.79 Å². The lowest BCUT2D eigenvalue weighted by molar-refractivity contribution is 0.0865. The first-order valence-electron chi connectivity index (χ1n) is 14.8. The van der Waals surface area contributed by atoms with E-state index in [1.54, 1.807) is 6.07 Å². The number of oxazole rings is 1. The van der Waals surface area contributed by atoms with E-state index in [0.29, 0.717) is 48.8 Å². The van der Waals surface area contributed by atoms with Crippen molar-refractivity contribution in [3.8, 4) is 5.75 Å². The molecule has 4 N–H and O–H groups in total. The van der Waals surface area contributed by atoms with Crippen molar-refractivity contribution in [2.45, 2.75) is 83.2 Å². The van der Waals surface area contributed by atoms with Gasteiger partial charge in [-0.05, 0) is 75.1 Å². The summed E-state index contributed by atoms with van der Waals surface area (Å²) in [5, 5.41) is 20.7. The number of aryl methyl sites for hydroxylation is 1. The summed E-state index contributed by atoms with van der Waals surface area (Å²) in [7, 11) is 0. The molecular formula is C30H39N7O4. The van der Waals surface area contributed by atoms with Crippen LogP contribution >= 0.6 is 0 Å². The highest BCUT2D eigenvalue weighted by molar-refractivity contribution is 5.93. The topological polar surface area (TPSA) is 138 Å². The number of amides is 1. The van der Waals surface area contributed by atoms with Crippen LogP contribution in [0.25, 0.3) is 0 Å². The molecule has 1 saturated carbocycles. The van der Waals surface area contributed by atoms with Gasteiger partial charge in [0.1, 0.15) is 23.9 Å². The Labute approximate surface area is 240 Å². The lowest BCUT2D eigenvalue weighted by Crippen LogP contribution is -2.49. The fourth-order valence-corrected chi connectivity index (χ4v) is 5.54. The summed E-state index contributed by atoms with van der Waals surface area (Å²) >= 11 is 0. The molecule has 1 aromatic carbocycles. The Hall–Kier alpha value is -3.70. The van der Waals surface area contributed by atoms with E-state index in [2.05, 4.69) is 30.8 Å². The van der Waals surface area contributed by atoms with Crippen LogP contribution in [0.4, 0.5) is 11.8 Å². The Morgan fingerprint density at radius 3 is 2.78 bits per heavy atom. The zero-order chi connectivity index (χ0) is 28.2. The zero-order valence-electron chi connectivity index (χ0n) is 23.6. The second kappa shape index (κ2) is 12.4. The summed E-state index contributed by atoms with van der Waals surface area (Å²) in [6.07, 6.45) is 8.17. The minimum absolute atomic E-state index is 0.123. The molecule has 11 heteroatoms. The fraction of sp³-hybridized carbons (Fsp3) is 0.533. The van der Waals surface area contributed by atoms with Crippen molar-refractivity contribution in [3.05, 3.63) is 58.9 Å². The van der Waals surface area contributed by atoms with E-state index in [4.69, 9.17) is 14.1 Å². The van der Waals surface area contributed by atoms with E-state index >= 15 is 0 Å². The molecule has 0 spiro atoms. The molecule has 2 fully saturated rings. The summed E-state index contributed by atoms with van der Waals surface area (Å²) in [6.45, 7) is 4.73. The van der Waals surface area contributed by atoms with Crippen molar-refractivity contribution in [2.24, 2.45) is 0 Å². The number of hydrogen-bond acceptors (Lipinski definition) is 10. The van der Waals surface area contributed by atoms with Crippen LogP contribution < -0.4 is 25.6 Å². The Morgan fingerprint density at radius 1 is 1.17 bits per heavy atom. The van der Waals surface area contributed by atoms with Crippen molar-refractivity contribution < 1.29 is 19.1 Å². The van der Waals surface area contributed by atoms with Crippen LogP contribution in [-0.4, -0.2) is 63.8 Å². The highest BCUT2D eigenvalue weighted by Gasteiger charge is 2.26. The van der Waals surface area contributed by atoms with Crippen molar-refractivity contribution in [1.29, 1.82) is 0 Å². The lowest BCUT2D eigenvalue weighted by atomic mass is 9.92. The maximum Gasteiger partial charge on any atom is 0.270 e. The Balaban J connectivity index is 1.05. The number of hydrogen-bond donors (Lipinski definition) is 4. The number of nitrogens with zero attached hydrogens (tertiary/aromatic N) is 4.